The van der Waals surface area contributed by atoms with Gasteiger partial charge in [-0.2, -0.15) is 0 Å². The standard InChI is InChI=1S/C28H32FNO6/c1-17-14-20(6-8-21(17)29)27-24(34-4)10-11-26(30-27)28(3,33)13-12-22(32)19-7-9-23(25(15-19)35-5)36-16-18(2)31/h6-11,14-15,18,31,33H,12-13,16H2,1-5H3/t18-,28+/m0/s1. The van der Waals surface area contributed by atoms with Crippen molar-refractivity contribution in [1.82, 2.24) is 4.98 Å². The molecule has 3 aromatic rings. The van der Waals surface area contributed by atoms with Crippen LogP contribution >= 0.6 is 0 Å². The number of pyridine rings is 1. The van der Waals surface area contributed by atoms with Gasteiger partial charge in [0.1, 0.15) is 29.5 Å². The van der Waals surface area contributed by atoms with Crippen LogP contribution in [0, 0.1) is 12.7 Å². The van der Waals surface area contributed by atoms with Gasteiger partial charge in [0.15, 0.2) is 17.3 Å². The Morgan fingerprint density at radius 1 is 1.06 bits per heavy atom. The summed E-state index contributed by atoms with van der Waals surface area (Å²) in [6, 6.07) is 12.8. The van der Waals surface area contributed by atoms with Crippen molar-refractivity contribution in [2.75, 3.05) is 20.8 Å². The highest BCUT2D eigenvalue weighted by molar-refractivity contribution is 5.96. The van der Waals surface area contributed by atoms with Gasteiger partial charge in [-0.3, -0.25) is 4.79 Å². The first-order valence-electron chi connectivity index (χ1n) is 11.6. The number of aliphatic hydroxyl groups excluding tert-OH is 1. The molecule has 1 heterocycles. The lowest BCUT2D eigenvalue weighted by atomic mass is 9.92. The van der Waals surface area contributed by atoms with Gasteiger partial charge in [-0.1, -0.05) is 0 Å². The molecule has 2 N–H and O–H groups in total. The highest BCUT2D eigenvalue weighted by Gasteiger charge is 2.28. The van der Waals surface area contributed by atoms with E-state index in [9.17, 15) is 19.4 Å². The fraction of sp³-hybridized carbons (Fsp3) is 0.357. The first kappa shape index (κ1) is 27.1. The summed E-state index contributed by atoms with van der Waals surface area (Å²) < 4.78 is 30.0. The van der Waals surface area contributed by atoms with Gasteiger partial charge in [0.25, 0.3) is 0 Å². The Morgan fingerprint density at radius 3 is 2.39 bits per heavy atom. The molecular formula is C28H32FNO6. The summed E-state index contributed by atoms with van der Waals surface area (Å²) in [4.78, 5) is 17.5. The van der Waals surface area contributed by atoms with E-state index in [4.69, 9.17) is 14.2 Å². The number of aromatic nitrogens is 1. The van der Waals surface area contributed by atoms with Crippen LogP contribution in [0.1, 0.15) is 48.3 Å². The number of ketones is 1. The van der Waals surface area contributed by atoms with Gasteiger partial charge in [0.2, 0.25) is 0 Å². The average Bonchev–Trinajstić information content (AvgIpc) is 2.87. The van der Waals surface area contributed by atoms with Crippen LogP contribution < -0.4 is 14.2 Å². The van der Waals surface area contributed by atoms with Crippen LogP contribution in [0.25, 0.3) is 11.3 Å². The molecule has 0 saturated carbocycles. The van der Waals surface area contributed by atoms with E-state index in [-0.39, 0.29) is 31.0 Å². The zero-order chi connectivity index (χ0) is 26.5. The van der Waals surface area contributed by atoms with Gasteiger partial charge in [0, 0.05) is 17.5 Å². The predicted molar refractivity (Wildman–Crippen MR) is 134 cm³/mol. The molecule has 2 atom stereocenters. The van der Waals surface area contributed by atoms with Crippen LogP contribution in [0.4, 0.5) is 4.39 Å². The number of benzene rings is 2. The molecular weight excluding hydrogens is 465 g/mol. The molecule has 0 spiro atoms. The van der Waals surface area contributed by atoms with Crippen LogP contribution in [-0.2, 0) is 5.60 Å². The van der Waals surface area contributed by atoms with Gasteiger partial charge < -0.3 is 24.4 Å². The molecule has 7 nitrogen and oxygen atoms in total. The molecule has 8 heteroatoms. The van der Waals surface area contributed by atoms with Gasteiger partial charge in [-0.05, 0) is 81.3 Å². The van der Waals surface area contributed by atoms with E-state index in [2.05, 4.69) is 4.98 Å². The monoisotopic (exact) mass is 497 g/mol. The Labute approximate surface area is 210 Å². The molecule has 3 rings (SSSR count). The third-order valence-electron chi connectivity index (χ3n) is 5.87. The normalized spacial score (nSPS) is 13.6. The lowest BCUT2D eigenvalue weighted by Gasteiger charge is -2.24. The average molecular weight is 498 g/mol. The third kappa shape index (κ3) is 6.38. The number of rotatable bonds is 11. The van der Waals surface area contributed by atoms with E-state index in [0.717, 1.165) is 0 Å². The molecule has 0 fully saturated rings. The molecule has 0 aliphatic rings. The maximum Gasteiger partial charge on any atom is 0.163 e. The second kappa shape index (κ2) is 11.5. The Hall–Kier alpha value is -3.49. The summed E-state index contributed by atoms with van der Waals surface area (Å²) >= 11 is 0. The summed E-state index contributed by atoms with van der Waals surface area (Å²) in [5.41, 5.74) is 0.976. The summed E-state index contributed by atoms with van der Waals surface area (Å²) in [5.74, 6) is 0.788. The van der Waals surface area contributed by atoms with E-state index >= 15 is 0 Å². The van der Waals surface area contributed by atoms with E-state index in [0.29, 0.717) is 45.3 Å². The number of carbonyl (C=O) groups is 1. The van der Waals surface area contributed by atoms with Gasteiger partial charge >= 0.3 is 0 Å². The number of halogens is 1. The van der Waals surface area contributed by atoms with Gasteiger partial charge in [-0.25, -0.2) is 9.37 Å². The van der Waals surface area contributed by atoms with E-state index < -0.39 is 11.7 Å². The molecule has 0 aliphatic carbocycles. The molecule has 0 unspecified atom stereocenters. The van der Waals surface area contributed by atoms with Crippen molar-refractivity contribution < 1.29 is 33.6 Å². The quantitative estimate of drug-likeness (QED) is 0.366. The minimum absolute atomic E-state index is 0.0583. The summed E-state index contributed by atoms with van der Waals surface area (Å²) in [6.07, 6.45) is -0.462. The number of hydrogen-bond acceptors (Lipinski definition) is 7. The largest absolute Gasteiger partial charge is 0.494 e. The van der Waals surface area contributed by atoms with Crippen molar-refractivity contribution in [3.05, 3.63) is 71.2 Å². The number of ether oxygens (including phenoxy) is 3. The molecule has 0 saturated heterocycles. The number of aryl methyl sites for hydroxylation is 1. The predicted octanol–water partition coefficient (Wildman–Crippen LogP) is 4.84. The van der Waals surface area contributed by atoms with Crippen LogP contribution in [-0.4, -0.2) is 47.9 Å². The Balaban J connectivity index is 1.79. The van der Waals surface area contributed by atoms with Crippen molar-refractivity contribution in [2.24, 2.45) is 0 Å². The molecule has 192 valence electrons. The van der Waals surface area contributed by atoms with Crippen LogP contribution in [0.15, 0.2) is 48.5 Å². The lowest BCUT2D eigenvalue weighted by molar-refractivity contribution is 0.0397. The summed E-state index contributed by atoms with van der Waals surface area (Å²) in [5, 5.41) is 20.6. The number of carbonyl (C=O) groups excluding carboxylic acids is 1. The van der Waals surface area contributed by atoms with Crippen LogP contribution in [0.5, 0.6) is 17.2 Å². The van der Waals surface area contributed by atoms with Crippen molar-refractivity contribution in [1.29, 1.82) is 0 Å². The van der Waals surface area contributed by atoms with Crippen molar-refractivity contribution in [2.45, 2.75) is 45.3 Å². The molecule has 1 aromatic heterocycles. The SMILES string of the molecule is COc1cc(C(=O)CC[C@@](C)(O)c2ccc(OC)c(-c3ccc(F)c(C)c3)n2)ccc1OC[C@H](C)O. The van der Waals surface area contributed by atoms with Crippen LogP contribution in [0.3, 0.4) is 0 Å². The summed E-state index contributed by atoms with van der Waals surface area (Å²) in [7, 11) is 2.99. The van der Waals surface area contributed by atoms with Crippen molar-refractivity contribution in [3.63, 3.8) is 0 Å². The van der Waals surface area contributed by atoms with Gasteiger partial charge in [-0.15, -0.1) is 0 Å². The van der Waals surface area contributed by atoms with Gasteiger partial charge in [0.05, 0.1) is 26.0 Å². The van der Waals surface area contributed by atoms with E-state index in [1.54, 1.807) is 63.2 Å². The van der Waals surface area contributed by atoms with E-state index in [1.165, 1.54) is 20.3 Å². The zero-order valence-corrected chi connectivity index (χ0v) is 21.2. The lowest BCUT2D eigenvalue weighted by Crippen LogP contribution is -2.24. The fourth-order valence-corrected chi connectivity index (χ4v) is 3.71. The fourth-order valence-electron chi connectivity index (χ4n) is 3.71. The maximum atomic E-state index is 13.8. The molecule has 0 radical (unpaired) electrons. The summed E-state index contributed by atoms with van der Waals surface area (Å²) in [6.45, 7) is 4.97. The first-order valence-corrected chi connectivity index (χ1v) is 11.6. The van der Waals surface area contributed by atoms with Crippen molar-refractivity contribution in [3.8, 4) is 28.5 Å². The first-order chi connectivity index (χ1) is 17.1. The molecule has 0 bridgehead atoms. The molecule has 0 aliphatic heterocycles. The minimum atomic E-state index is -1.41. The number of Topliss-reactive ketones (excluding diaryl/α,β-unsaturated/α-hetero) is 1. The second-order valence-electron chi connectivity index (χ2n) is 8.93. The smallest absolute Gasteiger partial charge is 0.163 e. The molecule has 0 amide bonds. The number of nitrogens with zero attached hydrogens (tertiary/aromatic N) is 1. The molecule has 36 heavy (non-hydrogen) atoms. The third-order valence-corrected chi connectivity index (χ3v) is 5.87. The second-order valence-corrected chi connectivity index (χ2v) is 8.93. The number of aliphatic hydroxyl groups is 2. The molecule has 2 aromatic carbocycles. The minimum Gasteiger partial charge on any atom is -0.494 e. The topological polar surface area (TPSA) is 98.1 Å². The Kier molecular flexibility index (Phi) is 8.66. The van der Waals surface area contributed by atoms with Crippen LogP contribution in [0.2, 0.25) is 0 Å². The maximum absolute atomic E-state index is 13.8. The van der Waals surface area contributed by atoms with E-state index in [1.807, 2.05) is 0 Å². The van der Waals surface area contributed by atoms with Crippen molar-refractivity contribution >= 4 is 5.78 Å². The highest BCUT2D eigenvalue weighted by atomic mass is 19.1. The zero-order valence-electron chi connectivity index (χ0n) is 21.2. The Bertz CT molecular complexity index is 1220. The Morgan fingerprint density at radius 2 is 1.75 bits per heavy atom. The number of methoxy groups -OCH3 is 2. The number of hydrogen-bond donors (Lipinski definition) is 2. The highest BCUT2D eigenvalue weighted by Crippen LogP contribution is 2.34.